The maximum atomic E-state index is 11.7. The summed E-state index contributed by atoms with van der Waals surface area (Å²) in [6.45, 7) is 14.3. The maximum Gasteiger partial charge on any atom is 0.250 e. The minimum Gasteiger partial charge on any atom is -0.396 e. The molecule has 12 aromatic rings. The van der Waals surface area contributed by atoms with Crippen molar-refractivity contribution in [1.82, 2.24) is 98.1 Å². The number of rotatable bonds is 28. The first-order valence-electron chi connectivity index (χ1n) is 41.2. The molecule has 0 saturated carbocycles. The number of nitrogens with one attached hydrogen (secondary N) is 4. The van der Waals surface area contributed by atoms with E-state index in [1.165, 1.54) is 19.1 Å². The molecular weight excluding hydrogens is 1510 g/mol. The van der Waals surface area contributed by atoms with E-state index >= 15 is 0 Å². The predicted octanol–water partition coefficient (Wildman–Crippen LogP) is 8.58. The lowest BCUT2D eigenvalue weighted by Crippen LogP contribution is -2.41. The normalized spacial score (nSPS) is 17.1. The van der Waals surface area contributed by atoms with Crippen molar-refractivity contribution in [3.63, 3.8) is 0 Å². The summed E-state index contributed by atoms with van der Waals surface area (Å²) >= 11 is 0. The topological polar surface area (TPSA) is 409 Å². The second-order valence-electron chi connectivity index (χ2n) is 29.9. The second-order valence-corrected chi connectivity index (χ2v) is 31.9. The van der Waals surface area contributed by atoms with Gasteiger partial charge in [-0.2, -0.15) is 88.5 Å². The SMILES string of the molecule is CCc1cnn2c(NCc3ccc(=O)n(C)c3)nc(N3CCCC[C@H]3CCO)nc12.CCc1cnn2c(NCc3cccnc3)nc(N3CCCC[C@H]3CCO)nc12.CCc1cnn2c(NCc3ccnnc3)nc(N3CCCC[C@H]3CCO)nc12.CCc1cnn2c(Nc3ccc(S(C)(=O)=O)cc3)nc(N3CCCC[C@H]3CCO)nc12. The molecule has 35 nitrogen and oxygen atoms in total. The summed E-state index contributed by atoms with van der Waals surface area (Å²) in [6, 6.07) is 16.8. The van der Waals surface area contributed by atoms with Crippen LogP contribution in [0, 0.1) is 0 Å². The second kappa shape index (κ2) is 40.1. The Morgan fingerprint density at radius 2 is 0.795 bits per heavy atom. The quantitative estimate of drug-likeness (QED) is 0.0227. The van der Waals surface area contributed by atoms with E-state index in [1.54, 1.807) is 84.8 Å². The Morgan fingerprint density at radius 1 is 0.419 bits per heavy atom. The van der Waals surface area contributed by atoms with Gasteiger partial charge in [0.05, 0.1) is 35.9 Å². The van der Waals surface area contributed by atoms with Crippen LogP contribution in [0.1, 0.15) is 169 Å². The number of benzene rings is 1. The van der Waals surface area contributed by atoms with E-state index in [-0.39, 0.29) is 61.0 Å². The number of anilines is 9. The lowest BCUT2D eigenvalue weighted by atomic mass is 10.0. The molecule has 16 rings (SSSR count). The number of piperidine rings is 4. The Bertz CT molecular complexity index is 5220. The summed E-state index contributed by atoms with van der Waals surface area (Å²) in [4.78, 5) is 63.6. The van der Waals surface area contributed by atoms with Crippen molar-refractivity contribution >= 4 is 85.7 Å². The van der Waals surface area contributed by atoms with Crippen molar-refractivity contribution in [2.75, 3.05) is 99.7 Å². The summed E-state index contributed by atoms with van der Waals surface area (Å²) in [5, 5.41) is 77.0. The Morgan fingerprint density at radius 3 is 1.14 bits per heavy atom. The minimum atomic E-state index is -3.26. The van der Waals surface area contributed by atoms with E-state index in [4.69, 9.17) is 39.9 Å². The van der Waals surface area contributed by atoms with Gasteiger partial charge in [0.1, 0.15) is 0 Å². The van der Waals surface area contributed by atoms with Gasteiger partial charge in [-0.15, -0.1) is 0 Å². The molecule has 0 bridgehead atoms. The minimum absolute atomic E-state index is 0.0369. The lowest BCUT2D eigenvalue weighted by Gasteiger charge is -2.35. The Balaban J connectivity index is 0.000000136. The molecule has 4 fully saturated rings. The molecule has 0 aliphatic carbocycles. The van der Waals surface area contributed by atoms with Crippen molar-refractivity contribution in [2.45, 2.75) is 205 Å². The summed E-state index contributed by atoms with van der Waals surface area (Å²) in [7, 11) is -1.52. The number of pyridine rings is 2. The molecule has 0 unspecified atom stereocenters. The van der Waals surface area contributed by atoms with Crippen LogP contribution < -0.4 is 46.4 Å². The van der Waals surface area contributed by atoms with E-state index in [2.05, 4.69) is 104 Å². The van der Waals surface area contributed by atoms with Crippen LogP contribution >= 0.6 is 0 Å². The molecule has 4 aliphatic rings. The van der Waals surface area contributed by atoms with Gasteiger partial charge in [-0.3, -0.25) is 9.78 Å². The fourth-order valence-corrected chi connectivity index (χ4v) is 16.2. The number of aliphatic hydroxyl groups excluding tert-OH is 4. The van der Waals surface area contributed by atoms with Gasteiger partial charge in [-0.25, -0.2) is 8.42 Å². The summed E-state index contributed by atoms with van der Waals surface area (Å²) in [5.74, 6) is 5.19. The van der Waals surface area contributed by atoms with Crippen LogP contribution in [-0.2, 0) is 62.2 Å². The number of aryl methyl sites for hydroxylation is 5. The molecule has 0 radical (unpaired) electrons. The summed E-state index contributed by atoms with van der Waals surface area (Å²) in [5.41, 5.74) is 11.2. The third-order valence-corrected chi connectivity index (χ3v) is 23.2. The monoisotopic (exact) mass is 1620 g/mol. The highest BCUT2D eigenvalue weighted by Crippen LogP contribution is 2.33. The molecule has 4 saturated heterocycles. The average molecular weight is 1620 g/mol. The zero-order valence-electron chi connectivity index (χ0n) is 67.8. The highest BCUT2D eigenvalue weighted by atomic mass is 32.2. The fraction of sp³-hybridized carbons (Fsp3) is 0.506. The van der Waals surface area contributed by atoms with Crippen LogP contribution in [0.2, 0.25) is 0 Å². The molecule has 8 N–H and O–H groups in total. The summed E-state index contributed by atoms with van der Waals surface area (Å²) < 4.78 is 32.0. The van der Waals surface area contributed by atoms with E-state index in [1.807, 2.05) is 55.2 Å². The largest absolute Gasteiger partial charge is 0.396 e. The van der Waals surface area contributed by atoms with Gasteiger partial charge in [-0.1, -0.05) is 39.8 Å². The van der Waals surface area contributed by atoms with Crippen LogP contribution in [0.3, 0.4) is 0 Å². The van der Waals surface area contributed by atoms with Crippen LogP contribution in [0.25, 0.3) is 22.6 Å². The standard InChI is InChI=1S/C21H29N7O2.C21H28N6O3S.C20H27N7O.C19H26N8O/c1-3-16-13-23-28-19(16)24-21(27-10-5-4-6-17(27)9-11-29)25-20(28)22-12-15-7-8-18(30)26(2)14-15;1-3-15-14-22-27-19(15)24-20(26-12-5-4-6-17(26)11-13-28)25-21(27)23-16-7-9-18(10-8-16)31(2,29)30;1-2-16-14-23-27-18(16)24-20(26-10-4-3-7-17(26)8-11-28)25-19(27)22-13-15-6-5-9-21-12-15;1-2-15-13-23-27-17(15)24-19(26-9-4-3-5-16(26)7-10-28)25-18(27)20-11-14-6-8-21-22-12-14/h7-8,13-14,17,29H,3-6,9-12H2,1-2H3,(H,22,24,25);7-10,14,17,28H,3-6,11-13H2,1-2H3,(H,23,24,25);5-6,9,12,14,17,28H,2-4,7-8,10-11,13H2,1H3,(H,22,24,25);6,8,12-13,16,28H,2-5,7,9-11H2,1H3,(H,20,24,25)/t3*17-;16-/m0000/s1. The van der Waals surface area contributed by atoms with Gasteiger partial charge in [0.2, 0.25) is 53.1 Å². The fourth-order valence-electron chi connectivity index (χ4n) is 15.6. The molecule has 4 aliphatic heterocycles. The molecule has 36 heteroatoms. The Kier molecular flexibility index (Phi) is 28.7. The van der Waals surface area contributed by atoms with Crippen molar-refractivity contribution in [2.24, 2.45) is 7.05 Å². The molecule has 1 aromatic carbocycles. The molecule has 15 heterocycles. The molecule has 117 heavy (non-hydrogen) atoms. The van der Waals surface area contributed by atoms with Crippen LogP contribution in [0.5, 0.6) is 0 Å². The van der Waals surface area contributed by atoms with E-state index in [0.29, 0.717) is 73.4 Å². The molecule has 622 valence electrons. The van der Waals surface area contributed by atoms with Gasteiger partial charge in [-0.05, 0) is 182 Å². The van der Waals surface area contributed by atoms with Gasteiger partial charge in [0.15, 0.2) is 32.4 Å². The number of hydrogen-bond donors (Lipinski definition) is 8. The lowest BCUT2D eigenvalue weighted by molar-refractivity contribution is 0.261. The molecule has 4 atom stereocenters. The number of nitrogens with zero attached hydrogens (tertiary/aromatic N) is 24. The first-order valence-corrected chi connectivity index (χ1v) is 43.1. The molecule has 0 amide bonds. The van der Waals surface area contributed by atoms with Crippen molar-refractivity contribution in [1.29, 1.82) is 0 Å². The third-order valence-electron chi connectivity index (χ3n) is 22.0. The van der Waals surface area contributed by atoms with E-state index in [0.717, 1.165) is 203 Å². The van der Waals surface area contributed by atoms with Gasteiger partial charge in [0, 0.05) is 169 Å². The van der Waals surface area contributed by atoms with E-state index < -0.39 is 9.84 Å². The van der Waals surface area contributed by atoms with E-state index in [9.17, 15) is 33.6 Å². The molecule has 0 spiro atoms. The zero-order valence-corrected chi connectivity index (χ0v) is 68.6. The molecular formula is C81H110N28O7S. The number of aromatic nitrogens is 20. The first-order chi connectivity index (χ1) is 57.1. The zero-order chi connectivity index (χ0) is 81.8. The van der Waals surface area contributed by atoms with Crippen molar-refractivity contribution in [3.05, 3.63) is 160 Å². The predicted molar refractivity (Wildman–Crippen MR) is 450 cm³/mol. The first kappa shape index (κ1) is 83.7. The Hall–Kier alpha value is -11.2. The smallest absolute Gasteiger partial charge is 0.250 e. The van der Waals surface area contributed by atoms with Gasteiger partial charge < -0.3 is 65.9 Å². The number of aliphatic hydroxyl groups is 4. The van der Waals surface area contributed by atoms with Crippen LogP contribution in [0.4, 0.5) is 53.3 Å². The number of sulfone groups is 1. The molecule has 11 aromatic heterocycles. The van der Waals surface area contributed by atoms with Crippen molar-refractivity contribution in [3.8, 4) is 0 Å². The number of hydrogen-bond acceptors (Lipinski definition) is 30. The van der Waals surface area contributed by atoms with Crippen molar-refractivity contribution < 1.29 is 28.8 Å². The van der Waals surface area contributed by atoms with Crippen LogP contribution in [0.15, 0.2) is 120 Å². The Labute approximate surface area is 680 Å². The van der Waals surface area contributed by atoms with Gasteiger partial charge >= 0.3 is 0 Å². The highest BCUT2D eigenvalue weighted by Gasteiger charge is 2.31. The van der Waals surface area contributed by atoms with Crippen LogP contribution in [-0.4, -0.2) is 210 Å². The highest BCUT2D eigenvalue weighted by molar-refractivity contribution is 7.90. The third kappa shape index (κ3) is 20.4. The average Bonchev–Trinajstić information content (AvgIpc) is 1.67. The number of fused-ring (bicyclic) bond motifs is 4. The van der Waals surface area contributed by atoms with Gasteiger partial charge in [0.25, 0.3) is 0 Å². The maximum absolute atomic E-state index is 11.7. The summed E-state index contributed by atoms with van der Waals surface area (Å²) in [6.07, 6.45) is 36.8.